The van der Waals surface area contributed by atoms with Crippen LogP contribution in [0.15, 0.2) is 0 Å². The highest BCUT2D eigenvalue weighted by Crippen LogP contribution is 2.31. The van der Waals surface area contributed by atoms with Gasteiger partial charge in [0.05, 0.1) is 0 Å². The first-order valence-electron chi connectivity index (χ1n) is 5.95. The van der Waals surface area contributed by atoms with Crippen LogP contribution in [0.5, 0.6) is 0 Å². The van der Waals surface area contributed by atoms with Crippen molar-refractivity contribution < 1.29 is 0 Å². The van der Waals surface area contributed by atoms with Gasteiger partial charge in [-0.15, -0.1) is 0 Å². The predicted octanol–water partition coefficient (Wildman–Crippen LogP) is 2.23. The van der Waals surface area contributed by atoms with E-state index in [-0.39, 0.29) is 5.54 Å². The molecule has 0 bridgehead atoms. The van der Waals surface area contributed by atoms with E-state index < -0.39 is 0 Å². The molecule has 0 aromatic heterocycles. The highest BCUT2D eigenvalue weighted by atomic mass is 15.2. The van der Waals surface area contributed by atoms with Crippen molar-refractivity contribution in [1.29, 1.82) is 0 Å². The summed E-state index contributed by atoms with van der Waals surface area (Å²) in [5.74, 6) is 0.623. The number of hydrogen-bond donors (Lipinski definition) is 1. The van der Waals surface area contributed by atoms with Crippen molar-refractivity contribution in [1.82, 2.24) is 4.90 Å². The predicted molar refractivity (Wildman–Crippen MR) is 62.3 cm³/mol. The Labute approximate surface area is 88.8 Å². The monoisotopic (exact) mass is 198 g/mol. The molecule has 0 spiro atoms. The van der Waals surface area contributed by atoms with E-state index in [9.17, 15) is 0 Å². The zero-order chi connectivity index (χ0) is 10.8. The summed E-state index contributed by atoms with van der Waals surface area (Å²) in [7, 11) is 2.25. The molecule has 0 aliphatic heterocycles. The lowest BCUT2D eigenvalue weighted by atomic mass is 9.85. The van der Waals surface area contributed by atoms with Crippen LogP contribution in [-0.4, -0.2) is 30.1 Å². The minimum absolute atomic E-state index is 0.176. The SMILES string of the molecule is CC(C)C(C)(CN)N(C)C1CCCC1. The van der Waals surface area contributed by atoms with Crippen LogP contribution < -0.4 is 5.73 Å². The maximum atomic E-state index is 5.93. The Morgan fingerprint density at radius 1 is 1.36 bits per heavy atom. The molecule has 0 aromatic rings. The van der Waals surface area contributed by atoms with E-state index in [1.807, 2.05) is 0 Å². The zero-order valence-corrected chi connectivity index (χ0v) is 10.2. The number of nitrogens with zero attached hydrogens (tertiary/aromatic N) is 1. The van der Waals surface area contributed by atoms with Crippen molar-refractivity contribution in [2.75, 3.05) is 13.6 Å². The van der Waals surface area contributed by atoms with Crippen molar-refractivity contribution in [2.24, 2.45) is 11.7 Å². The van der Waals surface area contributed by atoms with E-state index in [0.29, 0.717) is 5.92 Å². The molecule has 0 radical (unpaired) electrons. The molecule has 2 nitrogen and oxygen atoms in total. The van der Waals surface area contributed by atoms with Gasteiger partial charge in [0.15, 0.2) is 0 Å². The summed E-state index contributed by atoms with van der Waals surface area (Å²) in [4.78, 5) is 2.53. The van der Waals surface area contributed by atoms with Crippen LogP contribution in [-0.2, 0) is 0 Å². The van der Waals surface area contributed by atoms with Crippen LogP contribution in [0.3, 0.4) is 0 Å². The maximum Gasteiger partial charge on any atom is 0.0326 e. The third kappa shape index (κ3) is 2.12. The van der Waals surface area contributed by atoms with Crippen molar-refractivity contribution in [3.8, 4) is 0 Å². The lowest BCUT2D eigenvalue weighted by molar-refractivity contribution is 0.0548. The second-order valence-corrected chi connectivity index (χ2v) is 5.27. The number of hydrogen-bond acceptors (Lipinski definition) is 2. The largest absolute Gasteiger partial charge is 0.329 e. The molecule has 84 valence electrons. The Morgan fingerprint density at radius 3 is 2.21 bits per heavy atom. The second kappa shape index (κ2) is 4.63. The van der Waals surface area contributed by atoms with E-state index in [1.54, 1.807) is 0 Å². The van der Waals surface area contributed by atoms with Crippen molar-refractivity contribution in [2.45, 2.75) is 58.0 Å². The van der Waals surface area contributed by atoms with Gasteiger partial charge >= 0.3 is 0 Å². The lowest BCUT2D eigenvalue weighted by Gasteiger charge is -2.45. The van der Waals surface area contributed by atoms with Crippen LogP contribution >= 0.6 is 0 Å². The number of likely N-dealkylation sites (N-methyl/N-ethyl adjacent to an activating group) is 1. The van der Waals surface area contributed by atoms with Crippen molar-refractivity contribution in [3.05, 3.63) is 0 Å². The molecule has 2 heteroatoms. The van der Waals surface area contributed by atoms with E-state index in [2.05, 4.69) is 32.7 Å². The Morgan fingerprint density at radius 2 is 1.86 bits per heavy atom. The van der Waals surface area contributed by atoms with E-state index in [4.69, 9.17) is 5.73 Å². The van der Waals surface area contributed by atoms with Crippen LogP contribution in [0.25, 0.3) is 0 Å². The summed E-state index contributed by atoms with van der Waals surface area (Å²) in [6.07, 6.45) is 5.51. The third-order valence-corrected chi connectivity index (χ3v) is 4.34. The summed E-state index contributed by atoms with van der Waals surface area (Å²) in [6.45, 7) is 7.62. The molecule has 1 rings (SSSR count). The molecule has 0 amide bonds. The zero-order valence-electron chi connectivity index (χ0n) is 10.2. The Hall–Kier alpha value is -0.0800. The van der Waals surface area contributed by atoms with Crippen LogP contribution in [0.1, 0.15) is 46.5 Å². The van der Waals surface area contributed by atoms with Gasteiger partial charge in [-0.1, -0.05) is 26.7 Å². The van der Waals surface area contributed by atoms with E-state index in [0.717, 1.165) is 12.6 Å². The first-order chi connectivity index (χ1) is 6.52. The number of rotatable bonds is 4. The molecule has 1 unspecified atom stereocenters. The van der Waals surface area contributed by atoms with E-state index >= 15 is 0 Å². The first kappa shape index (κ1) is 12.0. The van der Waals surface area contributed by atoms with Gasteiger partial charge in [0.1, 0.15) is 0 Å². The highest BCUT2D eigenvalue weighted by Gasteiger charge is 2.36. The summed E-state index contributed by atoms with van der Waals surface area (Å²) in [5.41, 5.74) is 6.11. The molecule has 0 aromatic carbocycles. The minimum atomic E-state index is 0.176. The molecule has 2 N–H and O–H groups in total. The Kier molecular flexibility index (Phi) is 3.96. The van der Waals surface area contributed by atoms with Gasteiger partial charge in [-0.05, 0) is 32.7 Å². The second-order valence-electron chi connectivity index (χ2n) is 5.27. The van der Waals surface area contributed by atoms with Crippen LogP contribution in [0, 0.1) is 5.92 Å². The molecule has 0 heterocycles. The molecule has 0 saturated heterocycles. The van der Waals surface area contributed by atoms with Crippen molar-refractivity contribution >= 4 is 0 Å². The maximum absolute atomic E-state index is 5.93. The highest BCUT2D eigenvalue weighted by molar-refractivity contribution is 4.93. The van der Waals surface area contributed by atoms with Crippen molar-refractivity contribution in [3.63, 3.8) is 0 Å². The third-order valence-electron chi connectivity index (χ3n) is 4.34. The minimum Gasteiger partial charge on any atom is -0.329 e. The fraction of sp³-hybridized carbons (Fsp3) is 1.00. The molecule has 1 saturated carbocycles. The molecule has 1 aliphatic carbocycles. The Balaban J connectivity index is 2.67. The summed E-state index contributed by atoms with van der Waals surface area (Å²) in [5, 5.41) is 0. The first-order valence-corrected chi connectivity index (χ1v) is 5.95. The lowest BCUT2D eigenvalue weighted by Crippen LogP contribution is -2.56. The van der Waals surface area contributed by atoms with Gasteiger partial charge in [0.25, 0.3) is 0 Å². The summed E-state index contributed by atoms with van der Waals surface area (Å²) >= 11 is 0. The Bertz CT molecular complexity index is 173. The average molecular weight is 198 g/mol. The van der Waals surface area contributed by atoms with Gasteiger partial charge in [0.2, 0.25) is 0 Å². The smallest absolute Gasteiger partial charge is 0.0326 e. The van der Waals surface area contributed by atoms with Gasteiger partial charge in [-0.25, -0.2) is 0 Å². The molecule has 1 atom stereocenters. The summed E-state index contributed by atoms with van der Waals surface area (Å²) in [6, 6.07) is 0.769. The fourth-order valence-corrected chi connectivity index (χ4v) is 2.50. The van der Waals surface area contributed by atoms with Crippen LogP contribution in [0.4, 0.5) is 0 Å². The molecule has 14 heavy (non-hydrogen) atoms. The van der Waals surface area contributed by atoms with Crippen LogP contribution in [0.2, 0.25) is 0 Å². The number of nitrogens with two attached hydrogens (primary N) is 1. The standard InChI is InChI=1S/C12H26N2/c1-10(2)12(3,9-13)14(4)11-7-5-6-8-11/h10-11H,5-9,13H2,1-4H3. The molecular formula is C12H26N2. The van der Waals surface area contributed by atoms with Gasteiger partial charge in [-0.3, -0.25) is 4.90 Å². The quantitative estimate of drug-likeness (QED) is 0.750. The summed E-state index contributed by atoms with van der Waals surface area (Å²) < 4.78 is 0. The molecular weight excluding hydrogens is 172 g/mol. The topological polar surface area (TPSA) is 29.3 Å². The van der Waals surface area contributed by atoms with E-state index in [1.165, 1.54) is 25.7 Å². The normalized spacial score (nSPS) is 23.4. The fourth-order valence-electron chi connectivity index (χ4n) is 2.50. The van der Waals surface area contributed by atoms with Gasteiger partial charge < -0.3 is 5.73 Å². The van der Waals surface area contributed by atoms with Gasteiger partial charge in [-0.2, -0.15) is 0 Å². The average Bonchev–Trinajstić information content (AvgIpc) is 2.67. The molecule has 1 fully saturated rings. The van der Waals surface area contributed by atoms with Gasteiger partial charge in [0, 0.05) is 18.1 Å². The molecule has 1 aliphatic rings.